The monoisotopic (exact) mass is 141 g/mol. The summed E-state index contributed by atoms with van der Waals surface area (Å²) < 4.78 is 5.72. The van der Waals surface area contributed by atoms with Gasteiger partial charge >= 0.3 is 0 Å². The van der Waals surface area contributed by atoms with Gasteiger partial charge in [-0.1, -0.05) is 6.92 Å². The van der Waals surface area contributed by atoms with E-state index < -0.39 is 0 Å². The van der Waals surface area contributed by atoms with E-state index in [2.05, 4.69) is 18.9 Å². The van der Waals surface area contributed by atoms with Crippen molar-refractivity contribution >= 4 is 0 Å². The molecule has 1 unspecified atom stereocenters. The molecule has 1 atom stereocenters. The van der Waals surface area contributed by atoms with Gasteiger partial charge in [0.2, 0.25) is 0 Å². The second-order valence-corrected chi connectivity index (χ2v) is 3.98. The summed E-state index contributed by atoms with van der Waals surface area (Å²) >= 11 is 0. The number of likely N-dealkylation sites (N-methyl/N-ethyl adjacent to an activating group) is 1. The molecule has 2 heterocycles. The highest BCUT2D eigenvalue weighted by atomic mass is 16.5. The lowest BCUT2D eigenvalue weighted by atomic mass is 9.88. The smallest absolute Gasteiger partial charge is 0.0938 e. The van der Waals surface area contributed by atoms with Crippen LogP contribution in [0, 0.1) is 5.92 Å². The van der Waals surface area contributed by atoms with Crippen LogP contribution in [0.2, 0.25) is 0 Å². The summed E-state index contributed by atoms with van der Waals surface area (Å²) in [5.41, 5.74) is 0.286. The van der Waals surface area contributed by atoms with Crippen molar-refractivity contribution in [3.63, 3.8) is 0 Å². The summed E-state index contributed by atoms with van der Waals surface area (Å²) in [4.78, 5) is 2.32. The van der Waals surface area contributed by atoms with E-state index in [1.165, 1.54) is 6.42 Å². The lowest BCUT2D eigenvalue weighted by Crippen LogP contribution is -2.59. The SMILES string of the molecule is CC1COC2(C1)CN(C)C2. The summed E-state index contributed by atoms with van der Waals surface area (Å²) in [5, 5.41) is 0. The lowest BCUT2D eigenvalue weighted by Gasteiger charge is -2.45. The number of nitrogens with zero attached hydrogens (tertiary/aromatic N) is 1. The molecule has 2 fully saturated rings. The fourth-order valence-corrected chi connectivity index (χ4v) is 2.23. The van der Waals surface area contributed by atoms with Crippen molar-refractivity contribution < 1.29 is 4.74 Å². The maximum Gasteiger partial charge on any atom is 0.0938 e. The molecule has 2 rings (SSSR count). The maximum atomic E-state index is 5.72. The van der Waals surface area contributed by atoms with E-state index in [0.717, 1.165) is 25.6 Å². The Kier molecular flexibility index (Phi) is 1.29. The van der Waals surface area contributed by atoms with Crippen LogP contribution in [-0.2, 0) is 4.74 Å². The van der Waals surface area contributed by atoms with E-state index in [0.29, 0.717) is 0 Å². The molecule has 0 bridgehead atoms. The van der Waals surface area contributed by atoms with E-state index in [-0.39, 0.29) is 5.60 Å². The summed E-state index contributed by atoms with van der Waals surface area (Å²) in [6, 6.07) is 0. The first-order valence-electron chi connectivity index (χ1n) is 4.03. The Morgan fingerprint density at radius 3 is 2.60 bits per heavy atom. The third kappa shape index (κ3) is 0.867. The van der Waals surface area contributed by atoms with E-state index in [1.54, 1.807) is 0 Å². The molecule has 10 heavy (non-hydrogen) atoms. The molecular formula is C8H15NO. The molecule has 2 aliphatic heterocycles. The molecule has 0 amide bonds. The van der Waals surface area contributed by atoms with Crippen molar-refractivity contribution in [3.05, 3.63) is 0 Å². The molecule has 0 radical (unpaired) electrons. The number of ether oxygens (including phenoxy) is 1. The van der Waals surface area contributed by atoms with Gasteiger partial charge in [-0.3, -0.25) is 0 Å². The maximum absolute atomic E-state index is 5.72. The van der Waals surface area contributed by atoms with Crippen LogP contribution in [0.5, 0.6) is 0 Å². The molecule has 0 aromatic rings. The summed E-state index contributed by atoms with van der Waals surface area (Å²) in [6.45, 7) is 5.55. The zero-order chi connectivity index (χ0) is 7.19. The Morgan fingerprint density at radius 1 is 1.50 bits per heavy atom. The van der Waals surface area contributed by atoms with Crippen LogP contribution in [0.4, 0.5) is 0 Å². The fraction of sp³-hybridized carbons (Fsp3) is 1.00. The normalized spacial score (nSPS) is 38.4. The van der Waals surface area contributed by atoms with Gasteiger partial charge in [0.25, 0.3) is 0 Å². The Bertz CT molecular complexity index is 135. The predicted molar refractivity (Wildman–Crippen MR) is 40.0 cm³/mol. The van der Waals surface area contributed by atoms with E-state index in [9.17, 15) is 0 Å². The number of hydrogen-bond donors (Lipinski definition) is 0. The Morgan fingerprint density at radius 2 is 2.20 bits per heavy atom. The Labute approximate surface area is 62.2 Å². The van der Waals surface area contributed by atoms with Crippen LogP contribution in [0.15, 0.2) is 0 Å². The van der Waals surface area contributed by atoms with Gasteiger partial charge < -0.3 is 9.64 Å². The molecule has 0 N–H and O–H groups in total. The van der Waals surface area contributed by atoms with Gasteiger partial charge in [-0.25, -0.2) is 0 Å². The van der Waals surface area contributed by atoms with Crippen LogP contribution in [0.1, 0.15) is 13.3 Å². The number of likely N-dealkylation sites (tertiary alicyclic amines) is 1. The van der Waals surface area contributed by atoms with Crippen LogP contribution in [-0.4, -0.2) is 37.2 Å². The van der Waals surface area contributed by atoms with Crippen molar-refractivity contribution in [3.8, 4) is 0 Å². The average Bonchev–Trinajstić information content (AvgIpc) is 2.10. The van der Waals surface area contributed by atoms with Crippen molar-refractivity contribution in [2.75, 3.05) is 26.7 Å². The van der Waals surface area contributed by atoms with Crippen LogP contribution < -0.4 is 0 Å². The second kappa shape index (κ2) is 1.95. The van der Waals surface area contributed by atoms with Gasteiger partial charge in [-0.15, -0.1) is 0 Å². The first-order chi connectivity index (χ1) is 4.70. The summed E-state index contributed by atoms with van der Waals surface area (Å²) in [7, 11) is 2.15. The van der Waals surface area contributed by atoms with Crippen LogP contribution >= 0.6 is 0 Å². The standard InChI is InChI=1S/C8H15NO/c1-7-3-8(10-4-7)5-9(2)6-8/h7H,3-6H2,1-2H3. The van der Waals surface area contributed by atoms with Crippen molar-refractivity contribution in [1.82, 2.24) is 4.90 Å². The van der Waals surface area contributed by atoms with E-state index >= 15 is 0 Å². The lowest BCUT2D eigenvalue weighted by molar-refractivity contribution is -0.100. The van der Waals surface area contributed by atoms with Crippen molar-refractivity contribution in [2.24, 2.45) is 5.92 Å². The van der Waals surface area contributed by atoms with Gasteiger partial charge in [-0.2, -0.15) is 0 Å². The zero-order valence-corrected chi connectivity index (χ0v) is 6.76. The molecule has 0 saturated carbocycles. The van der Waals surface area contributed by atoms with Crippen molar-refractivity contribution in [1.29, 1.82) is 0 Å². The highest BCUT2D eigenvalue weighted by molar-refractivity contribution is 4.99. The molecular weight excluding hydrogens is 126 g/mol. The highest BCUT2D eigenvalue weighted by Gasteiger charge is 2.46. The van der Waals surface area contributed by atoms with Gasteiger partial charge in [0.1, 0.15) is 0 Å². The van der Waals surface area contributed by atoms with Gasteiger partial charge in [-0.05, 0) is 19.4 Å². The molecule has 58 valence electrons. The average molecular weight is 141 g/mol. The number of hydrogen-bond acceptors (Lipinski definition) is 2. The molecule has 0 aromatic heterocycles. The largest absolute Gasteiger partial charge is 0.372 e. The highest BCUT2D eigenvalue weighted by Crippen LogP contribution is 2.36. The van der Waals surface area contributed by atoms with Crippen LogP contribution in [0.3, 0.4) is 0 Å². The minimum absolute atomic E-state index is 0.286. The minimum atomic E-state index is 0.286. The second-order valence-electron chi connectivity index (χ2n) is 3.98. The number of rotatable bonds is 0. The molecule has 0 aromatic carbocycles. The third-order valence-electron chi connectivity index (χ3n) is 2.51. The first-order valence-corrected chi connectivity index (χ1v) is 4.03. The molecule has 2 nitrogen and oxygen atoms in total. The quantitative estimate of drug-likeness (QED) is 0.493. The molecule has 1 spiro atoms. The molecule has 2 heteroatoms. The first kappa shape index (κ1) is 6.62. The Balaban J connectivity index is 1.95. The van der Waals surface area contributed by atoms with E-state index in [1.807, 2.05) is 0 Å². The Hall–Kier alpha value is -0.0800. The predicted octanol–water partition coefficient (Wildman–Crippen LogP) is 0.727. The topological polar surface area (TPSA) is 12.5 Å². The van der Waals surface area contributed by atoms with E-state index in [4.69, 9.17) is 4.74 Å². The van der Waals surface area contributed by atoms with Gasteiger partial charge in [0, 0.05) is 13.1 Å². The summed E-state index contributed by atoms with van der Waals surface area (Å²) in [5.74, 6) is 0.786. The summed E-state index contributed by atoms with van der Waals surface area (Å²) in [6.07, 6.45) is 1.28. The molecule has 2 aliphatic rings. The van der Waals surface area contributed by atoms with Gasteiger partial charge in [0.15, 0.2) is 0 Å². The van der Waals surface area contributed by atoms with Gasteiger partial charge in [0.05, 0.1) is 12.2 Å². The molecule has 2 saturated heterocycles. The molecule has 0 aliphatic carbocycles. The zero-order valence-electron chi connectivity index (χ0n) is 6.76. The fourth-order valence-electron chi connectivity index (χ4n) is 2.23. The third-order valence-corrected chi connectivity index (χ3v) is 2.51. The minimum Gasteiger partial charge on any atom is -0.372 e. The van der Waals surface area contributed by atoms with Crippen LogP contribution in [0.25, 0.3) is 0 Å². The van der Waals surface area contributed by atoms with Crippen molar-refractivity contribution in [2.45, 2.75) is 18.9 Å².